The summed E-state index contributed by atoms with van der Waals surface area (Å²) in [6, 6.07) is 0.259. The van der Waals surface area contributed by atoms with E-state index in [1.165, 1.54) is 38.5 Å². The Morgan fingerprint density at radius 2 is 2.29 bits per heavy atom. The summed E-state index contributed by atoms with van der Waals surface area (Å²) in [7, 11) is 0. The molecule has 0 unspecified atom stereocenters. The quantitative estimate of drug-likeness (QED) is 0.672. The maximum Gasteiger partial charge on any atom is 0.105 e. The van der Waals surface area contributed by atoms with Crippen molar-refractivity contribution in [2.45, 2.75) is 63.5 Å². The van der Waals surface area contributed by atoms with Gasteiger partial charge in [0.25, 0.3) is 0 Å². The zero-order valence-corrected chi connectivity index (χ0v) is 9.27. The van der Waals surface area contributed by atoms with Crippen molar-refractivity contribution in [3.63, 3.8) is 0 Å². The standard InChI is InChI=1S/C12H22FN/c1-2-3-6-12-7-4-9-14(12)11(10-13)5-8-12/h11H,2-10H2,1H3/t11-,12-/m1/s1. The van der Waals surface area contributed by atoms with E-state index in [-0.39, 0.29) is 12.7 Å². The lowest BCUT2D eigenvalue weighted by atomic mass is 9.88. The molecule has 82 valence electrons. The van der Waals surface area contributed by atoms with E-state index in [9.17, 15) is 4.39 Å². The highest BCUT2D eigenvalue weighted by Crippen LogP contribution is 2.45. The van der Waals surface area contributed by atoms with Crippen LogP contribution >= 0.6 is 0 Å². The molecule has 2 aliphatic rings. The number of rotatable bonds is 4. The number of hydrogen-bond acceptors (Lipinski definition) is 1. The van der Waals surface area contributed by atoms with Crippen LogP contribution in [0.3, 0.4) is 0 Å². The predicted octanol–water partition coefficient (Wildman–Crippen LogP) is 3.14. The lowest BCUT2D eigenvalue weighted by molar-refractivity contribution is 0.123. The van der Waals surface area contributed by atoms with Gasteiger partial charge in [0, 0.05) is 11.6 Å². The first-order chi connectivity index (χ1) is 6.82. The Labute approximate surface area is 86.7 Å². The van der Waals surface area contributed by atoms with E-state index in [2.05, 4.69) is 11.8 Å². The minimum atomic E-state index is -0.131. The van der Waals surface area contributed by atoms with E-state index < -0.39 is 0 Å². The average molecular weight is 199 g/mol. The Bertz CT molecular complexity index is 195. The predicted molar refractivity (Wildman–Crippen MR) is 57.2 cm³/mol. The molecular formula is C12H22FN. The first kappa shape index (κ1) is 10.4. The first-order valence-corrected chi connectivity index (χ1v) is 6.15. The summed E-state index contributed by atoms with van der Waals surface area (Å²) in [5.41, 5.74) is 0.423. The third kappa shape index (κ3) is 1.58. The molecule has 0 aromatic carbocycles. The zero-order valence-electron chi connectivity index (χ0n) is 9.27. The van der Waals surface area contributed by atoms with Gasteiger partial charge in [-0.05, 0) is 38.6 Å². The van der Waals surface area contributed by atoms with E-state index in [0.29, 0.717) is 5.54 Å². The molecular weight excluding hydrogens is 177 g/mol. The molecule has 2 atom stereocenters. The van der Waals surface area contributed by atoms with Gasteiger partial charge < -0.3 is 0 Å². The molecule has 2 heteroatoms. The summed E-state index contributed by atoms with van der Waals surface area (Å²) in [5.74, 6) is 0. The van der Waals surface area contributed by atoms with Gasteiger partial charge in [0.15, 0.2) is 0 Å². The molecule has 0 spiro atoms. The van der Waals surface area contributed by atoms with E-state index in [0.717, 1.165) is 13.0 Å². The van der Waals surface area contributed by atoms with Crippen molar-refractivity contribution < 1.29 is 4.39 Å². The van der Waals surface area contributed by atoms with Gasteiger partial charge in [-0.15, -0.1) is 0 Å². The van der Waals surface area contributed by atoms with Crippen molar-refractivity contribution in [2.75, 3.05) is 13.2 Å². The largest absolute Gasteiger partial charge is 0.292 e. The minimum absolute atomic E-state index is 0.131. The third-order valence-corrected chi connectivity index (χ3v) is 4.21. The second-order valence-corrected chi connectivity index (χ2v) is 4.97. The molecule has 14 heavy (non-hydrogen) atoms. The fourth-order valence-electron chi connectivity index (χ4n) is 3.45. The summed E-state index contributed by atoms with van der Waals surface area (Å²) in [5, 5.41) is 0. The van der Waals surface area contributed by atoms with Gasteiger partial charge in [-0.3, -0.25) is 4.90 Å². The SMILES string of the molecule is CCCC[C@]12CCCN1[C@@H](CF)CC2. The number of alkyl halides is 1. The highest BCUT2D eigenvalue weighted by atomic mass is 19.1. The Morgan fingerprint density at radius 1 is 1.43 bits per heavy atom. The monoisotopic (exact) mass is 199 g/mol. The number of unbranched alkanes of at least 4 members (excludes halogenated alkanes) is 1. The summed E-state index contributed by atoms with van der Waals surface area (Å²) in [6.45, 7) is 3.27. The number of fused-ring (bicyclic) bond motifs is 1. The Hall–Kier alpha value is -0.110. The van der Waals surface area contributed by atoms with Crippen LogP contribution in [0.5, 0.6) is 0 Å². The van der Waals surface area contributed by atoms with E-state index in [4.69, 9.17) is 0 Å². The van der Waals surface area contributed by atoms with Gasteiger partial charge in [-0.25, -0.2) is 4.39 Å². The summed E-state index contributed by atoms with van der Waals surface area (Å²) >= 11 is 0. The topological polar surface area (TPSA) is 3.24 Å². The second kappa shape index (κ2) is 4.18. The highest BCUT2D eigenvalue weighted by molar-refractivity contribution is 5.03. The summed E-state index contributed by atoms with van der Waals surface area (Å²) in [4.78, 5) is 2.49. The summed E-state index contributed by atoms with van der Waals surface area (Å²) in [6.07, 6.45) is 8.86. The molecule has 0 radical (unpaired) electrons. The van der Waals surface area contributed by atoms with Gasteiger partial charge in [0.05, 0.1) is 0 Å². The second-order valence-electron chi connectivity index (χ2n) is 4.97. The Morgan fingerprint density at radius 3 is 3.00 bits per heavy atom. The molecule has 0 aliphatic carbocycles. The molecule has 1 nitrogen and oxygen atoms in total. The maximum atomic E-state index is 12.8. The Kier molecular flexibility index (Phi) is 3.10. The molecule has 0 N–H and O–H groups in total. The lowest BCUT2D eigenvalue weighted by Crippen LogP contribution is -2.42. The van der Waals surface area contributed by atoms with Crippen molar-refractivity contribution >= 4 is 0 Å². The Balaban J connectivity index is 2.02. The molecule has 0 bridgehead atoms. The van der Waals surface area contributed by atoms with Gasteiger partial charge >= 0.3 is 0 Å². The van der Waals surface area contributed by atoms with Crippen molar-refractivity contribution in [1.29, 1.82) is 0 Å². The van der Waals surface area contributed by atoms with E-state index in [1.54, 1.807) is 0 Å². The van der Waals surface area contributed by atoms with Gasteiger partial charge in [-0.1, -0.05) is 19.8 Å². The van der Waals surface area contributed by atoms with Crippen LogP contribution in [0.15, 0.2) is 0 Å². The highest BCUT2D eigenvalue weighted by Gasteiger charge is 2.48. The zero-order chi connectivity index (χ0) is 10.0. The van der Waals surface area contributed by atoms with Crippen LogP contribution in [-0.2, 0) is 0 Å². The van der Waals surface area contributed by atoms with Crippen molar-refractivity contribution in [1.82, 2.24) is 4.90 Å². The van der Waals surface area contributed by atoms with Crippen LogP contribution < -0.4 is 0 Å². The molecule has 0 saturated carbocycles. The molecule has 2 rings (SSSR count). The lowest BCUT2D eigenvalue weighted by Gasteiger charge is -2.34. The van der Waals surface area contributed by atoms with Crippen molar-refractivity contribution in [3.05, 3.63) is 0 Å². The smallest absolute Gasteiger partial charge is 0.105 e. The van der Waals surface area contributed by atoms with Crippen LogP contribution in [0, 0.1) is 0 Å². The van der Waals surface area contributed by atoms with E-state index in [1.807, 2.05) is 0 Å². The third-order valence-electron chi connectivity index (χ3n) is 4.21. The first-order valence-electron chi connectivity index (χ1n) is 6.15. The fourth-order valence-corrected chi connectivity index (χ4v) is 3.45. The summed E-state index contributed by atoms with van der Waals surface area (Å²) < 4.78 is 12.8. The van der Waals surface area contributed by atoms with Crippen LogP contribution in [0.4, 0.5) is 4.39 Å². The molecule has 0 aromatic rings. The molecule has 2 fully saturated rings. The minimum Gasteiger partial charge on any atom is -0.292 e. The van der Waals surface area contributed by atoms with Crippen LogP contribution in [0.2, 0.25) is 0 Å². The van der Waals surface area contributed by atoms with Crippen LogP contribution in [0.25, 0.3) is 0 Å². The molecule has 2 heterocycles. The number of halogens is 1. The van der Waals surface area contributed by atoms with Crippen LogP contribution in [-0.4, -0.2) is 29.7 Å². The van der Waals surface area contributed by atoms with Crippen molar-refractivity contribution in [3.8, 4) is 0 Å². The maximum absolute atomic E-state index is 12.8. The van der Waals surface area contributed by atoms with Gasteiger partial charge in [-0.2, -0.15) is 0 Å². The average Bonchev–Trinajstić information content (AvgIpc) is 2.72. The van der Waals surface area contributed by atoms with E-state index >= 15 is 0 Å². The van der Waals surface area contributed by atoms with Gasteiger partial charge in [0.2, 0.25) is 0 Å². The fraction of sp³-hybridized carbons (Fsp3) is 1.00. The number of hydrogen-bond donors (Lipinski definition) is 0. The number of nitrogens with zero attached hydrogens (tertiary/aromatic N) is 1. The molecule has 2 aliphatic heterocycles. The molecule has 0 amide bonds. The molecule has 2 saturated heterocycles. The normalized spacial score (nSPS) is 37.7. The molecule has 0 aromatic heterocycles. The van der Waals surface area contributed by atoms with Crippen LogP contribution in [0.1, 0.15) is 51.9 Å². The van der Waals surface area contributed by atoms with Gasteiger partial charge in [0.1, 0.15) is 6.67 Å². The van der Waals surface area contributed by atoms with Crippen molar-refractivity contribution in [2.24, 2.45) is 0 Å².